The summed E-state index contributed by atoms with van der Waals surface area (Å²) in [5.41, 5.74) is -0.0801. The first-order valence-corrected chi connectivity index (χ1v) is 6.50. The van der Waals surface area contributed by atoms with Gasteiger partial charge >= 0.3 is 0 Å². The fourth-order valence-electron chi connectivity index (χ4n) is 4.33. The van der Waals surface area contributed by atoms with Crippen molar-refractivity contribution in [3.05, 3.63) is 23.3 Å². The normalized spacial score (nSPS) is 46.7. The molecule has 0 saturated heterocycles. The summed E-state index contributed by atoms with van der Waals surface area (Å²) in [4.78, 5) is 24.1. The highest BCUT2D eigenvalue weighted by atomic mass is 16.3. The summed E-state index contributed by atoms with van der Waals surface area (Å²) < 4.78 is 0. The largest absolute Gasteiger partial charge is 0.382 e. The number of rotatable bonds is 0. The van der Waals surface area contributed by atoms with Crippen molar-refractivity contribution in [2.75, 3.05) is 0 Å². The lowest BCUT2D eigenvalue weighted by molar-refractivity contribution is -0.155. The zero-order chi connectivity index (χ0) is 13.3. The summed E-state index contributed by atoms with van der Waals surface area (Å²) in [6, 6.07) is 0. The van der Waals surface area contributed by atoms with Gasteiger partial charge in [0.1, 0.15) is 5.60 Å². The van der Waals surface area contributed by atoms with Gasteiger partial charge in [-0.2, -0.15) is 0 Å². The Labute approximate surface area is 107 Å². The van der Waals surface area contributed by atoms with E-state index in [1.54, 1.807) is 13.0 Å². The molecule has 4 atom stereocenters. The molecule has 1 fully saturated rings. The van der Waals surface area contributed by atoms with Crippen LogP contribution in [0.2, 0.25) is 0 Å². The lowest BCUT2D eigenvalue weighted by Gasteiger charge is -2.56. The molecule has 2 bridgehead atoms. The summed E-state index contributed by atoms with van der Waals surface area (Å²) in [5, 5.41) is 10.6. The fraction of sp³-hybridized carbons (Fsp3) is 0.600. The maximum Gasteiger partial charge on any atom is 0.178 e. The number of hydrogen-bond acceptors (Lipinski definition) is 3. The Bertz CT molecular complexity index is 524. The molecule has 0 aromatic rings. The van der Waals surface area contributed by atoms with E-state index in [0.29, 0.717) is 6.42 Å². The number of fused-ring (bicyclic) bond motifs is 1. The molecule has 1 N–H and O–H groups in total. The molecule has 4 rings (SSSR count). The summed E-state index contributed by atoms with van der Waals surface area (Å²) >= 11 is 0. The van der Waals surface area contributed by atoms with Crippen molar-refractivity contribution in [1.82, 2.24) is 0 Å². The predicted octanol–water partition coefficient (Wildman–Crippen LogP) is 1.81. The zero-order valence-corrected chi connectivity index (χ0v) is 11.0. The van der Waals surface area contributed by atoms with Gasteiger partial charge in [0.15, 0.2) is 11.6 Å². The van der Waals surface area contributed by atoms with Crippen molar-refractivity contribution >= 4 is 11.6 Å². The lowest BCUT2D eigenvalue weighted by Crippen LogP contribution is -2.62. The molecule has 96 valence electrons. The Morgan fingerprint density at radius 1 is 1.33 bits per heavy atom. The minimum absolute atomic E-state index is 0.105. The molecule has 0 spiro atoms. The highest BCUT2D eigenvalue weighted by Gasteiger charge is 2.62. The quantitative estimate of drug-likeness (QED) is 0.663. The smallest absolute Gasteiger partial charge is 0.178 e. The van der Waals surface area contributed by atoms with E-state index in [9.17, 15) is 14.7 Å². The monoisotopic (exact) mass is 246 g/mol. The molecule has 18 heavy (non-hydrogen) atoms. The maximum atomic E-state index is 12.5. The van der Waals surface area contributed by atoms with Gasteiger partial charge in [-0.1, -0.05) is 11.6 Å². The third kappa shape index (κ3) is 1.18. The van der Waals surface area contributed by atoms with Crippen LogP contribution in [-0.2, 0) is 9.59 Å². The lowest BCUT2D eigenvalue weighted by atomic mass is 9.48. The van der Waals surface area contributed by atoms with Gasteiger partial charge in [-0.3, -0.25) is 9.59 Å². The summed E-state index contributed by atoms with van der Waals surface area (Å²) in [6.45, 7) is 5.44. The average Bonchev–Trinajstić information content (AvgIpc) is 2.27. The predicted molar refractivity (Wildman–Crippen MR) is 66.8 cm³/mol. The molecule has 1 saturated carbocycles. The third-order valence-electron chi connectivity index (χ3n) is 4.96. The molecular formula is C15H18O3. The van der Waals surface area contributed by atoms with Crippen molar-refractivity contribution in [1.29, 1.82) is 0 Å². The molecule has 0 radical (unpaired) electrons. The number of allylic oxidation sites excluding steroid dienone is 3. The van der Waals surface area contributed by atoms with Crippen LogP contribution >= 0.6 is 0 Å². The van der Waals surface area contributed by atoms with E-state index in [2.05, 4.69) is 0 Å². The maximum absolute atomic E-state index is 12.5. The Morgan fingerprint density at radius 2 is 2.00 bits per heavy atom. The van der Waals surface area contributed by atoms with Crippen LogP contribution in [0.25, 0.3) is 0 Å². The molecular weight excluding hydrogens is 228 g/mol. The van der Waals surface area contributed by atoms with Gasteiger partial charge in [0, 0.05) is 12.3 Å². The number of carbonyl (C=O) groups is 2. The van der Waals surface area contributed by atoms with Gasteiger partial charge in [0.2, 0.25) is 0 Å². The average molecular weight is 246 g/mol. The minimum atomic E-state index is -1.30. The summed E-state index contributed by atoms with van der Waals surface area (Å²) in [7, 11) is 0. The van der Waals surface area contributed by atoms with Crippen LogP contribution in [0.1, 0.15) is 33.6 Å². The SMILES string of the molecule is CC1=C[C@]2(C)C(=O)[C@@](C)(O)[C@H]1[C@@H]1CCC(=O)C=C12. The second kappa shape index (κ2) is 3.21. The van der Waals surface area contributed by atoms with E-state index in [0.717, 1.165) is 17.6 Å². The van der Waals surface area contributed by atoms with Crippen molar-refractivity contribution in [2.45, 2.75) is 39.2 Å². The van der Waals surface area contributed by atoms with E-state index < -0.39 is 11.0 Å². The van der Waals surface area contributed by atoms with Gasteiger partial charge < -0.3 is 5.11 Å². The van der Waals surface area contributed by atoms with Crippen molar-refractivity contribution in [3.8, 4) is 0 Å². The van der Waals surface area contributed by atoms with Gasteiger partial charge in [0.25, 0.3) is 0 Å². The van der Waals surface area contributed by atoms with E-state index >= 15 is 0 Å². The van der Waals surface area contributed by atoms with Gasteiger partial charge in [-0.05, 0) is 44.8 Å². The standard InChI is InChI=1S/C15H18O3/c1-8-7-14(2)11-6-9(16)4-5-10(11)12(8)15(3,18)13(14)17/h6-7,10,12,18H,4-5H2,1-3H3/t10-,12-,14+,15+/m1/s1. The van der Waals surface area contributed by atoms with Gasteiger partial charge in [0.05, 0.1) is 5.41 Å². The van der Waals surface area contributed by atoms with Crippen LogP contribution < -0.4 is 0 Å². The summed E-state index contributed by atoms with van der Waals surface area (Å²) in [6.07, 6.45) is 4.87. The van der Waals surface area contributed by atoms with Crippen molar-refractivity contribution in [2.24, 2.45) is 17.3 Å². The second-order valence-corrected chi connectivity index (χ2v) is 6.26. The number of aliphatic hydroxyl groups is 1. The van der Waals surface area contributed by atoms with Gasteiger partial charge in [-0.15, -0.1) is 0 Å². The van der Waals surface area contributed by atoms with Crippen LogP contribution in [0.3, 0.4) is 0 Å². The van der Waals surface area contributed by atoms with E-state index in [1.165, 1.54) is 0 Å². The Kier molecular flexibility index (Phi) is 2.11. The van der Waals surface area contributed by atoms with Crippen molar-refractivity contribution in [3.63, 3.8) is 0 Å². The fourth-order valence-corrected chi connectivity index (χ4v) is 4.33. The molecule has 0 amide bonds. The topological polar surface area (TPSA) is 54.4 Å². The first kappa shape index (κ1) is 11.8. The number of Topliss-reactive ketones (excluding diaryl/α,β-unsaturated/α-hetero) is 1. The Hall–Kier alpha value is -1.22. The number of hydrogen-bond donors (Lipinski definition) is 1. The first-order chi connectivity index (χ1) is 8.28. The zero-order valence-electron chi connectivity index (χ0n) is 11.0. The summed E-state index contributed by atoms with van der Waals surface area (Å²) in [5.74, 6) is -0.0760. The van der Waals surface area contributed by atoms with Crippen LogP contribution in [0.15, 0.2) is 23.3 Å². The number of ketones is 2. The van der Waals surface area contributed by atoms with Crippen LogP contribution in [0.5, 0.6) is 0 Å². The van der Waals surface area contributed by atoms with Gasteiger partial charge in [-0.25, -0.2) is 0 Å². The molecule has 0 heterocycles. The highest BCUT2D eigenvalue weighted by Crippen LogP contribution is 2.58. The van der Waals surface area contributed by atoms with Crippen molar-refractivity contribution < 1.29 is 14.7 Å². The van der Waals surface area contributed by atoms with E-state index in [-0.39, 0.29) is 23.4 Å². The van der Waals surface area contributed by atoms with E-state index in [4.69, 9.17) is 0 Å². The molecule has 0 aliphatic heterocycles. The molecule has 4 aliphatic rings. The Balaban J connectivity index is 2.27. The molecule has 3 heteroatoms. The van der Waals surface area contributed by atoms with E-state index in [1.807, 2.05) is 19.9 Å². The minimum Gasteiger partial charge on any atom is -0.382 e. The molecule has 3 nitrogen and oxygen atoms in total. The molecule has 0 aromatic carbocycles. The molecule has 4 aliphatic carbocycles. The highest BCUT2D eigenvalue weighted by molar-refractivity contribution is 6.02. The first-order valence-electron chi connectivity index (χ1n) is 6.50. The second-order valence-electron chi connectivity index (χ2n) is 6.26. The molecule has 0 unspecified atom stereocenters. The van der Waals surface area contributed by atoms with Crippen LogP contribution in [0, 0.1) is 17.3 Å². The van der Waals surface area contributed by atoms with Crippen LogP contribution in [0.4, 0.5) is 0 Å². The molecule has 0 aromatic heterocycles. The van der Waals surface area contributed by atoms with Crippen LogP contribution in [-0.4, -0.2) is 22.3 Å². The Morgan fingerprint density at radius 3 is 2.67 bits per heavy atom. The number of carbonyl (C=O) groups excluding carboxylic acids is 2. The third-order valence-corrected chi connectivity index (χ3v) is 4.96.